The summed E-state index contributed by atoms with van der Waals surface area (Å²) < 4.78 is 0. The Bertz CT molecular complexity index is 153. The maximum absolute atomic E-state index is 5.69. The molecule has 0 atom stereocenters. The van der Waals surface area contributed by atoms with Crippen molar-refractivity contribution in [1.29, 1.82) is 0 Å². The molecule has 1 N–H and O–H groups in total. The number of halogens is 2. The highest BCUT2D eigenvalue weighted by Crippen LogP contribution is 2.33. The number of nitrogens with one attached hydrogen (secondary N) is 1. The van der Waals surface area contributed by atoms with Crippen molar-refractivity contribution in [2.75, 3.05) is 13.1 Å². The Morgan fingerprint density at radius 1 is 1.50 bits per heavy atom. The summed E-state index contributed by atoms with van der Waals surface area (Å²) in [6.07, 6.45) is 5.52. The highest BCUT2D eigenvalue weighted by molar-refractivity contribution is 6.36. The summed E-state index contributed by atoms with van der Waals surface area (Å²) in [4.78, 5) is 0. The van der Waals surface area contributed by atoms with Crippen LogP contribution in [0.3, 0.4) is 0 Å². The molecule has 0 saturated heterocycles. The summed E-state index contributed by atoms with van der Waals surface area (Å²) in [5.74, 6) is 1.03. The van der Waals surface area contributed by atoms with Crippen LogP contribution >= 0.6 is 23.2 Å². The first-order valence-electron chi connectivity index (χ1n) is 4.48. The molecule has 0 amide bonds. The van der Waals surface area contributed by atoms with Gasteiger partial charge in [-0.15, -0.1) is 0 Å². The Kier molecular flexibility index (Phi) is 5.05. The van der Waals surface area contributed by atoms with Gasteiger partial charge in [0.2, 0.25) is 0 Å². The second-order valence-corrected chi connectivity index (χ2v) is 4.02. The summed E-state index contributed by atoms with van der Waals surface area (Å²) in [7, 11) is 0. The average Bonchev–Trinajstić information content (AvgIpc) is 2.87. The molecular formula is C9H15Cl2N. The van der Waals surface area contributed by atoms with Gasteiger partial charge in [0.25, 0.3) is 0 Å². The molecule has 0 bridgehead atoms. The van der Waals surface area contributed by atoms with Crippen LogP contribution in [0.25, 0.3) is 0 Å². The van der Waals surface area contributed by atoms with Crippen molar-refractivity contribution in [3.8, 4) is 0 Å². The Labute approximate surface area is 84.1 Å². The van der Waals surface area contributed by atoms with Crippen LogP contribution in [0.1, 0.15) is 25.7 Å². The molecule has 0 radical (unpaired) electrons. The molecule has 1 nitrogen and oxygen atoms in total. The van der Waals surface area contributed by atoms with E-state index in [0.717, 1.165) is 12.5 Å². The number of hydrogen-bond acceptors (Lipinski definition) is 1. The SMILES string of the molecule is Cl/C=C(/Cl)CNCCCC1CC1. The van der Waals surface area contributed by atoms with E-state index in [2.05, 4.69) is 5.32 Å². The van der Waals surface area contributed by atoms with Gasteiger partial charge in [0, 0.05) is 17.1 Å². The first kappa shape index (κ1) is 10.4. The van der Waals surface area contributed by atoms with Gasteiger partial charge in [-0.1, -0.05) is 36.0 Å². The molecule has 0 aromatic heterocycles. The molecule has 0 aromatic rings. The zero-order valence-electron chi connectivity index (χ0n) is 7.15. The number of rotatable bonds is 6. The molecule has 1 saturated carbocycles. The van der Waals surface area contributed by atoms with Gasteiger partial charge in [0.05, 0.1) is 0 Å². The Morgan fingerprint density at radius 3 is 2.83 bits per heavy atom. The Morgan fingerprint density at radius 2 is 2.25 bits per heavy atom. The molecule has 0 unspecified atom stereocenters. The average molecular weight is 208 g/mol. The second-order valence-electron chi connectivity index (χ2n) is 3.32. The third-order valence-corrected chi connectivity index (χ3v) is 2.69. The van der Waals surface area contributed by atoms with Crippen molar-refractivity contribution in [2.45, 2.75) is 25.7 Å². The van der Waals surface area contributed by atoms with Crippen LogP contribution in [-0.4, -0.2) is 13.1 Å². The van der Waals surface area contributed by atoms with Crippen molar-refractivity contribution in [3.63, 3.8) is 0 Å². The predicted molar refractivity (Wildman–Crippen MR) is 54.6 cm³/mol. The van der Waals surface area contributed by atoms with E-state index in [4.69, 9.17) is 23.2 Å². The van der Waals surface area contributed by atoms with E-state index >= 15 is 0 Å². The fraction of sp³-hybridized carbons (Fsp3) is 0.778. The van der Waals surface area contributed by atoms with Crippen LogP contribution in [0.4, 0.5) is 0 Å². The van der Waals surface area contributed by atoms with Crippen LogP contribution in [0.15, 0.2) is 10.6 Å². The van der Waals surface area contributed by atoms with Gasteiger partial charge in [-0.25, -0.2) is 0 Å². The van der Waals surface area contributed by atoms with Crippen LogP contribution < -0.4 is 5.32 Å². The highest BCUT2D eigenvalue weighted by Gasteiger charge is 2.19. The molecule has 12 heavy (non-hydrogen) atoms. The minimum atomic E-state index is 0.683. The largest absolute Gasteiger partial charge is 0.312 e. The quantitative estimate of drug-likeness (QED) is 0.661. The Hall–Kier alpha value is 0.280. The van der Waals surface area contributed by atoms with E-state index in [9.17, 15) is 0 Å². The fourth-order valence-electron chi connectivity index (χ4n) is 1.17. The van der Waals surface area contributed by atoms with Gasteiger partial charge in [-0.2, -0.15) is 0 Å². The lowest BCUT2D eigenvalue weighted by Crippen LogP contribution is -2.16. The minimum absolute atomic E-state index is 0.683. The van der Waals surface area contributed by atoms with Crippen molar-refractivity contribution in [1.82, 2.24) is 5.32 Å². The number of hydrogen-bond donors (Lipinski definition) is 1. The van der Waals surface area contributed by atoms with E-state index in [1.54, 1.807) is 0 Å². The summed E-state index contributed by atoms with van der Waals surface area (Å²) in [5.41, 5.74) is 1.41. The standard InChI is InChI=1S/C9H15Cl2N/c10-6-9(11)7-12-5-1-2-8-3-4-8/h6,8,12H,1-5,7H2/b9-6+. The van der Waals surface area contributed by atoms with E-state index < -0.39 is 0 Å². The predicted octanol–water partition coefficient (Wildman–Crippen LogP) is 3.09. The molecule has 1 rings (SSSR count). The molecule has 3 heteroatoms. The molecule has 1 fully saturated rings. The van der Waals surface area contributed by atoms with Crippen molar-refractivity contribution < 1.29 is 0 Å². The van der Waals surface area contributed by atoms with Gasteiger partial charge < -0.3 is 5.32 Å². The normalized spacial score (nSPS) is 18.3. The highest BCUT2D eigenvalue weighted by atomic mass is 35.5. The van der Waals surface area contributed by atoms with Gasteiger partial charge >= 0.3 is 0 Å². The monoisotopic (exact) mass is 207 g/mol. The molecule has 1 aliphatic rings. The first-order chi connectivity index (χ1) is 5.83. The van der Waals surface area contributed by atoms with Crippen molar-refractivity contribution in [3.05, 3.63) is 10.6 Å². The Balaban J connectivity index is 1.81. The lowest BCUT2D eigenvalue weighted by atomic mass is 10.2. The third kappa shape index (κ3) is 5.02. The molecule has 0 aromatic carbocycles. The van der Waals surface area contributed by atoms with Crippen LogP contribution in [0.2, 0.25) is 0 Å². The molecule has 1 aliphatic carbocycles. The second kappa shape index (κ2) is 5.85. The van der Waals surface area contributed by atoms with Crippen LogP contribution in [0.5, 0.6) is 0 Å². The van der Waals surface area contributed by atoms with Gasteiger partial charge in [-0.3, -0.25) is 0 Å². The topological polar surface area (TPSA) is 12.0 Å². The van der Waals surface area contributed by atoms with E-state index in [1.165, 1.54) is 31.2 Å². The van der Waals surface area contributed by atoms with Crippen LogP contribution in [-0.2, 0) is 0 Å². The fourth-order valence-corrected chi connectivity index (χ4v) is 1.34. The summed E-state index contributed by atoms with van der Waals surface area (Å²) in [5, 5.41) is 3.92. The summed E-state index contributed by atoms with van der Waals surface area (Å²) in [6, 6.07) is 0. The lowest BCUT2D eigenvalue weighted by Gasteiger charge is -2.01. The van der Waals surface area contributed by atoms with Gasteiger partial charge in [-0.05, 0) is 25.3 Å². The van der Waals surface area contributed by atoms with Crippen LogP contribution in [0, 0.1) is 5.92 Å². The van der Waals surface area contributed by atoms with Gasteiger partial charge in [0.1, 0.15) is 0 Å². The van der Waals surface area contributed by atoms with Crippen molar-refractivity contribution in [2.24, 2.45) is 5.92 Å². The lowest BCUT2D eigenvalue weighted by molar-refractivity contribution is 0.615. The summed E-state index contributed by atoms with van der Waals surface area (Å²) in [6.45, 7) is 1.76. The van der Waals surface area contributed by atoms with Gasteiger partial charge in [0.15, 0.2) is 0 Å². The molecular weight excluding hydrogens is 193 g/mol. The maximum Gasteiger partial charge on any atom is 0.0431 e. The van der Waals surface area contributed by atoms with E-state index in [0.29, 0.717) is 11.6 Å². The molecule has 0 heterocycles. The van der Waals surface area contributed by atoms with Crippen molar-refractivity contribution >= 4 is 23.2 Å². The molecule has 0 spiro atoms. The molecule has 70 valence electrons. The molecule has 0 aliphatic heterocycles. The maximum atomic E-state index is 5.69. The first-order valence-corrected chi connectivity index (χ1v) is 5.30. The summed E-state index contributed by atoms with van der Waals surface area (Å²) >= 11 is 11.1. The smallest absolute Gasteiger partial charge is 0.0431 e. The zero-order valence-corrected chi connectivity index (χ0v) is 8.67. The third-order valence-electron chi connectivity index (χ3n) is 2.08. The minimum Gasteiger partial charge on any atom is -0.312 e. The van der Waals surface area contributed by atoms with E-state index in [1.807, 2.05) is 0 Å². The zero-order chi connectivity index (χ0) is 8.81. The van der Waals surface area contributed by atoms with E-state index in [-0.39, 0.29) is 0 Å².